The first-order chi connectivity index (χ1) is 9.10. The second-order valence-corrected chi connectivity index (χ2v) is 6.30. The van der Waals surface area contributed by atoms with Crippen molar-refractivity contribution in [1.29, 1.82) is 0 Å². The van der Waals surface area contributed by atoms with Crippen LogP contribution in [0.25, 0.3) is 0 Å². The van der Waals surface area contributed by atoms with Crippen LogP contribution in [0.4, 0.5) is 0 Å². The van der Waals surface area contributed by atoms with Gasteiger partial charge in [-0.05, 0) is 70.5 Å². The van der Waals surface area contributed by atoms with Crippen LogP contribution in [0, 0.1) is 3.57 Å². The molecule has 2 aromatic carbocycles. The molecule has 1 atom stereocenters. The zero-order chi connectivity index (χ0) is 13.8. The first-order valence-corrected chi connectivity index (χ1v) is 7.59. The van der Waals surface area contributed by atoms with Crippen molar-refractivity contribution in [2.75, 3.05) is 0 Å². The number of rotatable bonds is 4. The monoisotopic (exact) mass is 406 g/mol. The van der Waals surface area contributed by atoms with E-state index in [1.165, 1.54) is 3.57 Å². The minimum atomic E-state index is 0.00738. The van der Waals surface area contributed by atoms with Gasteiger partial charge in [-0.15, -0.1) is 0 Å². The molecule has 0 fully saturated rings. The van der Waals surface area contributed by atoms with E-state index in [0.29, 0.717) is 16.5 Å². The summed E-state index contributed by atoms with van der Waals surface area (Å²) in [5, 5.41) is 1.38. The summed E-state index contributed by atoms with van der Waals surface area (Å²) < 4.78 is 1.19. The molecule has 0 aromatic heterocycles. The van der Waals surface area contributed by atoms with Crippen molar-refractivity contribution >= 4 is 45.8 Å². The van der Waals surface area contributed by atoms with Crippen LogP contribution in [0.1, 0.15) is 17.2 Å². The van der Waals surface area contributed by atoms with Gasteiger partial charge in [0.1, 0.15) is 0 Å². The molecule has 0 bridgehead atoms. The fourth-order valence-electron chi connectivity index (χ4n) is 1.89. The molecule has 3 N–H and O–H groups in total. The Morgan fingerprint density at radius 1 is 1.11 bits per heavy atom. The predicted molar refractivity (Wildman–Crippen MR) is 89.4 cm³/mol. The van der Waals surface area contributed by atoms with Gasteiger partial charge in [-0.1, -0.05) is 35.3 Å². The van der Waals surface area contributed by atoms with E-state index in [2.05, 4.69) is 52.3 Å². The van der Waals surface area contributed by atoms with E-state index in [1.54, 1.807) is 12.1 Å². The summed E-state index contributed by atoms with van der Waals surface area (Å²) in [5.41, 5.74) is 4.93. The molecule has 100 valence electrons. The van der Waals surface area contributed by atoms with Crippen LogP contribution >= 0.6 is 45.8 Å². The summed E-state index contributed by atoms with van der Waals surface area (Å²) in [5.74, 6) is 5.65. The molecular weight excluding hydrogens is 394 g/mol. The molecule has 0 spiro atoms. The lowest BCUT2D eigenvalue weighted by atomic mass is 9.99. The molecule has 0 radical (unpaired) electrons. The first-order valence-electron chi connectivity index (χ1n) is 5.75. The highest BCUT2D eigenvalue weighted by Crippen LogP contribution is 2.26. The molecule has 0 saturated carbocycles. The van der Waals surface area contributed by atoms with Gasteiger partial charge in [0.25, 0.3) is 0 Å². The Bertz CT molecular complexity index is 558. The Kier molecular flexibility index (Phi) is 5.47. The third-order valence-electron chi connectivity index (χ3n) is 2.91. The fraction of sp³-hybridized carbons (Fsp3) is 0.143. The van der Waals surface area contributed by atoms with Crippen LogP contribution in [0.2, 0.25) is 10.0 Å². The van der Waals surface area contributed by atoms with E-state index in [-0.39, 0.29) is 6.04 Å². The smallest absolute Gasteiger partial charge is 0.0500 e. The maximum Gasteiger partial charge on any atom is 0.0500 e. The second kappa shape index (κ2) is 6.90. The summed E-state index contributed by atoms with van der Waals surface area (Å²) in [7, 11) is 0. The van der Waals surface area contributed by atoms with Gasteiger partial charge in [0.2, 0.25) is 0 Å². The van der Waals surface area contributed by atoms with Gasteiger partial charge in [-0.25, -0.2) is 0 Å². The van der Waals surface area contributed by atoms with Crippen molar-refractivity contribution < 1.29 is 0 Å². The maximum atomic E-state index is 6.18. The molecule has 0 saturated heterocycles. The number of hydrogen-bond acceptors (Lipinski definition) is 2. The quantitative estimate of drug-likeness (QED) is 0.450. The summed E-state index contributed by atoms with van der Waals surface area (Å²) in [6.07, 6.45) is 0.691. The van der Waals surface area contributed by atoms with Gasteiger partial charge in [0, 0.05) is 13.6 Å². The highest BCUT2D eigenvalue weighted by Gasteiger charge is 2.13. The van der Waals surface area contributed by atoms with Gasteiger partial charge in [0.15, 0.2) is 0 Å². The summed E-state index contributed by atoms with van der Waals surface area (Å²) in [4.78, 5) is 0. The standard InChI is InChI=1S/C14H13Cl2IN2/c15-11-3-6-13(16)10(7-11)8-14(19-18)9-1-4-12(17)5-2-9/h1-7,14,19H,8,18H2. The lowest BCUT2D eigenvalue weighted by molar-refractivity contribution is 0.552. The van der Waals surface area contributed by atoms with Gasteiger partial charge >= 0.3 is 0 Å². The molecule has 19 heavy (non-hydrogen) atoms. The molecule has 0 amide bonds. The van der Waals surface area contributed by atoms with Crippen LogP contribution in [0.15, 0.2) is 42.5 Å². The van der Waals surface area contributed by atoms with Gasteiger partial charge in [-0.3, -0.25) is 11.3 Å². The van der Waals surface area contributed by atoms with E-state index in [1.807, 2.05) is 6.07 Å². The molecule has 1 unspecified atom stereocenters. The van der Waals surface area contributed by atoms with Crippen molar-refractivity contribution in [2.45, 2.75) is 12.5 Å². The van der Waals surface area contributed by atoms with Crippen molar-refractivity contribution in [3.05, 3.63) is 67.2 Å². The number of nitrogens with one attached hydrogen (secondary N) is 1. The Morgan fingerprint density at radius 3 is 2.42 bits per heavy atom. The van der Waals surface area contributed by atoms with E-state index < -0.39 is 0 Å². The normalized spacial score (nSPS) is 12.4. The van der Waals surface area contributed by atoms with E-state index in [9.17, 15) is 0 Å². The van der Waals surface area contributed by atoms with Crippen LogP contribution in [0.3, 0.4) is 0 Å². The molecule has 5 heteroatoms. The molecule has 0 aliphatic heterocycles. The minimum absolute atomic E-state index is 0.00738. The van der Waals surface area contributed by atoms with E-state index in [0.717, 1.165) is 11.1 Å². The topological polar surface area (TPSA) is 38.0 Å². The highest BCUT2D eigenvalue weighted by atomic mass is 127. The number of benzene rings is 2. The Hall–Kier alpha value is -0.330. The van der Waals surface area contributed by atoms with Crippen LogP contribution in [-0.4, -0.2) is 0 Å². The van der Waals surface area contributed by atoms with Crippen molar-refractivity contribution in [3.8, 4) is 0 Å². The molecule has 2 nitrogen and oxygen atoms in total. The Labute approximate surface area is 136 Å². The van der Waals surface area contributed by atoms with Crippen LogP contribution in [-0.2, 0) is 6.42 Å². The summed E-state index contributed by atoms with van der Waals surface area (Å²) >= 11 is 14.5. The molecule has 2 aromatic rings. The van der Waals surface area contributed by atoms with Gasteiger partial charge in [-0.2, -0.15) is 0 Å². The summed E-state index contributed by atoms with van der Waals surface area (Å²) in [6, 6.07) is 13.7. The van der Waals surface area contributed by atoms with Crippen molar-refractivity contribution in [1.82, 2.24) is 5.43 Å². The molecule has 2 rings (SSSR count). The maximum absolute atomic E-state index is 6.18. The molecule has 0 aliphatic carbocycles. The minimum Gasteiger partial charge on any atom is -0.271 e. The zero-order valence-corrected chi connectivity index (χ0v) is 13.7. The van der Waals surface area contributed by atoms with Crippen LogP contribution in [0.5, 0.6) is 0 Å². The van der Waals surface area contributed by atoms with Crippen LogP contribution < -0.4 is 11.3 Å². The Morgan fingerprint density at radius 2 is 1.79 bits per heavy atom. The summed E-state index contributed by atoms with van der Waals surface area (Å²) in [6.45, 7) is 0. The highest BCUT2D eigenvalue weighted by molar-refractivity contribution is 14.1. The number of nitrogens with two attached hydrogens (primary N) is 1. The lowest BCUT2D eigenvalue weighted by Gasteiger charge is -2.17. The molecule has 0 aliphatic rings. The van der Waals surface area contributed by atoms with Crippen molar-refractivity contribution in [2.24, 2.45) is 5.84 Å². The average Bonchev–Trinajstić information content (AvgIpc) is 2.41. The third kappa shape index (κ3) is 4.07. The third-order valence-corrected chi connectivity index (χ3v) is 4.23. The number of hydrogen-bond donors (Lipinski definition) is 2. The van der Waals surface area contributed by atoms with Gasteiger partial charge < -0.3 is 0 Å². The van der Waals surface area contributed by atoms with Crippen molar-refractivity contribution in [3.63, 3.8) is 0 Å². The van der Waals surface area contributed by atoms with E-state index >= 15 is 0 Å². The predicted octanol–water partition coefficient (Wildman–Crippen LogP) is 4.35. The lowest BCUT2D eigenvalue weighted by Crippen LogP contribution is -2.29. The fourth-order valence-corrected chi connectivity index (χ4v) is 2.64. The zero-order valence-electron chi connectivity index (χ0n) is 10.0. The number of hydrazine groups is 1. The second-order valence-electron chi connectivity index (χ2n) is 4.21. The van der Waals surface area contributed by atoms with E-state index in [4.69, 9.17) is 29.0 Å². The SMILES string of the molecule is NNC(Cc1cc(Cl)ccc1Cl)c1ccc(I)cc1. The number of halogens is 3. The molecule has 0 heterocycles. The largest absolute Gasteiger partial charge is 0.271 e. The van der Waals surface area contributed by atoms with Gasteiger partial charge in [0.05, 0.1) is 6.04 Å². The molecular formula is C14H13Cl2IN2. The average molecular weight is 407 g/mol. The Balaban J connectivity index is 2.23. The first kappa shape index (κ1) is 15.1.